The van der Waals surface area contributed by atoms with Gasteiger partial charge in [-0.05, 0) is 41.5 Å². The molecule has 4 nitrogen and oxygen atoms in total. The number of rotatable bonds is 7. The van der Waals surface area contributed by atoms with E-state index in [0.29, 0.717) is 13.1 Å². The number of hydrogen-bond donors (Lipinski definition) is 0. The zero-order valence-corrected chi connectivity index (χ0v) is 14.7. The normalized spacial score (nSPS) is 10.8. The molecule has 1 amide bonds. The largest absolute Gasteiger partial charge is 0.497 e. The smallest absolute Gasteiger partial charge is 0.247 e. The van der Waals surface area contributed by atoms with Gasteiger partial charge in [0, 0.05) is 12.6 Å². The van der Waals surface area contributed by atoms with E-state index >= 15 is 0 Å². The van der Waals surface area contributed by atoms with Crippen LogP contribution < -0.4 is 4.74 Å². The molecule has 3 aromatic rings. The minimum absolute atomic E-state index is 0.0759. The molecule has 0 fully saturated rings. The first kappa shape index (κ1) is 17.5. The van der Waals surface area contributed by atoms with Gasteiger partial charge < -0.3 is 14.1 Å². The van der Waals surface area contributed by atoms with Crippen LogP contribution in [0.25, 0.3) is 6.08 Å². The van der Waals surface area contributed by atoms with Crippen molar-refractivity contribution in [2.45, 2.75) is 13.1 Å². The third-order valence-electron chi connectivity index (χ3n) is 3.97. The highest BCUT2D eigenvalue weighted by atomic mass is 16.5. The third-order valence-corrected chi connectivity index (χ3v) is 3.97. The number of benzene rings is 2. The summed E-state index contributed by atoms with van der Waals surface area (Å²) in [5.41, 5.74) is 1.98. The van der Waals surface area contributed by atoms with Gasteiger partial charge in [0.2, 0.25) is 5.91 Å². The van der Waals surface area contributed by atoms with Crippen molar-refractivity contribution in [3.8, 4) is 5.75 Å². The molecule has 0 aliphatic heterocycles. The number of carbonyl (C=O) groups excluding carboxylic acids is 1. The van der Waals surface area contributed by atoms with E-state index in [0.717, 1.165) is 22.6 Å². The van der Waals surface area contributed by atoms with Crippen molar-refractivity contribution in [2.75, 3.05) is 7.11 Å². The summed E-state index contributed by atoms with van der Waals surface area (Å²) in [5.74, 6) is 1.44. The summed E-state index contributed by atoms with van der Waals surface area (Å²) in [4.78, 5) is 14.5. The zero-order valence-electron chi connectivity index (χ0n) is 14.7. The second-order valence-electron chi connectivity index (χ2n) is 5.87. The number of nitrogens with zero attached hydrogens (tertiary/aromatic N) is 1. The molecule has 26 heavy (non-hydrogen) atoms. The van der Waals surface area contributed by atoms with Crippen LogP contribution in [0.3, 0.4) is 0 Å². The number of hydrogen-bond acceptors (Lipinski definition) is 3. The fraction of sp³-hybridized carbons (Fsp3) is 0.136. The molecule has 0 saturated carbocycles. The van der Waals surface area contributed by atoms with E-state index in [4.69, 9.17) is 9.15 Å². The molecule has 1 heterocycles. The fourth-order valence-corrected chi connectivity index (χ4v) is 2.62. The van der Waals surface area contributed by atoms with Crippen molar-refractivity contribution in [1.82, 2.24) is 4.90 Å². The van der Waals surface area contributed by atoms with E-state index in [2.05, 4.69) is 0 Å². The van der Waals surface area contributed by atoms with E-state index in [-0.39, 0.29) is 5.91 Å². The van der Waals surface area contributed by atoms with Gasteiger partial charge in [0.15, 0.2) is 0 Å². The van der Waals surface area contributed by atoms with E-state index in [9.17, 15) is 4.79 Å². The van der Waals surface area contributed by atoms with Crippen LogP contribution >= 0.6 is 0 Å². The zero-order chi connectivity index (χ0) is 18.2. The van der Waals surface area contributed by atoms with Gasteiger partial charge in [-0.25, -0.2) is 0 Å². The number of carbonyl (C=O) groups is 1. The van der Waals surface area contributed by atoms with Crippen molar-refractivity contribution in [3.63, 3.8) is 0 Å². The molecule has 0 radical (unpaired) electrons. The highest BCUT2D eigenvalue weighted by Gasteiger charge is 2.13. The monoisotopic (exact) mass is 347 g/mol. The first-order valence-electron chi connectivity index (χ1n) is 8.42. The van der Waals surface area contributed by atoms with Gasteiger partial charge in [0.25, 0.3) is 0 Å². The van der Waals surface area contributed by atoms with E-state index in [1.165, 1.54) is 0 Å². The minimum atomic E-state index is -0.0759. The molecule has 0 aliphatic rings. The van der Waals surface area contributed by atoms with Gasteiger partial charge in [0.1, 0.15) is 11.5 Å². The molecule has 0 spiro atoms. The van der Waals surface area contributed by atoms with Crippen LogP contribution in [0.5, 0.6) is 5.75 Å². The number of furan rings is 1. The summed E-state index contributed by atoms with van der Waals surface area (Å²) in [6, 6.07) is 21.2. The topological polar surface area (TPSA) is 42.7 Å². The summed E-state index contributed by atoms with van der Waals surface area (Å²) < 4.78 is 10.6. The Balaban J connectivity index is 1.76. The van der Waals surface area contributed by atoms with Gasteiger partial charge in [-0.1, -0.05) is 42.5 Å². The Labute approximate surface area is 153 Å². The van der Waals surface area contributed by atoms with Crippen LogP contribution in [0.2, 0.25) is 0 Å². The number of amides is 1. The predicted octanol–water partition coefficient (Wildman–Crippen LogP) is 4.53. The third kappa shape index (κ3) is 4.86. The number of methoxy groups -OCH3 is 1. The fourth-order valence-electron chi connectivity index (χ4n) is 2.62. The van der Waals surface area contributed by atoms with Gasteiger partial charge in [-0.2, -0.15) is 0 Å². The van der Waals surface area contributed by atoms with Crippen LogP contribution in [0.15, 0.2) is 83.5 Å². The molecule has 132 valence electrons. The maximum atomic E-state index is 12.8. The molecule has 1 aromatic heterocycles. The Hall–Kier alpha value is -3.27. The van der Waals surface area contributed by atoms with Gasteiger partial charge >= 0.3 is 0 Å². The van der Waals surface area contributed by atoms with Gasteiger partial charge in [0.05, 0.1) is 19.9 Å². The van der Waals surface area contributed by atoms with E-state index in [1.807, 2.05) is 66.7 Å². The Morgan fingerprint density at radius 2 is 1.88 bits per heavy atom. The Bertz CT molecular complexity index is 854. The molecule has 3 rings (SSSR count). The van der Waals surface area contributed by atoms with Crippen LogP contribution in [0.1, 0.15) is 16.9 Å². The minimum Gasteiger partial charge on any atom is -0.497 e. The van der Waals surface area contributed by atoms with Crippen molar-refractivity contribution >= 4 is 12.0 Å². The Kier molecular flexibility index (Phi) is 5.88. The molecule has 2 aromatic carbocycles. The van der Waals surface area contributed by atoms with Crippen molar-refractivity contribution in [3.05, 3.63) is 96.0 Å². The molecule has 0 aliphatic carbocycles. The summed E-state index contributed by atoms with van der Waals surface area (Å²) in [6.07, 6.45) is 5.00. The lowest BCUT2D eigenvalue weighted by atomic mass is 10.2. The van der Waals surface area contributed by atoms with Crippen LogP contribution in [-0.4, -0.2) is 17.9 Å². The van der Waals surface area contributed by atoms with E-state index < -0.39 is 0 Å². The lowest BCUT2D eigenvalue weighted by Crippen LogP contribution is -2.28. The Morgan fingerprint density at radius 1 is 1.04 bits per heavy atom. The average molecular weight is 347 g/mol. The van der Waals surface area contributed by atoms with Crippen LogP contribution in [0.4, 0.5) is 0 Å². The van der Waals surface area contributed by atoms with E-state index in [1.54, 1.807) is 30.4 Å². The summed E-state index contributed by atoms with van der Waals surface area (Å²) >= 11 is 0. The SMILES string of the molecule is COc1cccc(C=CC(=O)N(Cc2ccccc2)Cc2ccco2)c1. The highest BCUT2D eigenvalue weighted by molar-refractivity contribution is 5.91. The lowest BCUT2D eigenvalue weighted by molar-refractivity contribution is -0.127. The van der Waals surface area contributed by atoms with Crippen molar-refractivity contribution in [2.24, 2.45) is 0 Å². The molecular formula is C22H21NO3. The summed E-state index contributed by atoms with van der Waals surface area (Å²) in [7, 11) is 1.62. The standard InChI is InChI=1S/C22H21NO3/c1-25-20-10-5-9-18(15-20)12-13-22(24)23(17-21-11-6-14-26-21)16-19-7-3-2-4-8-19/h2-15H,16-17H2,1H3. The molecule has 0 atom stereocenters. The second-order valence-corrected chi connectivity index (χ2v) is 5.87. The van der Waals surface area contributed by atoms with Gasteiger partial charge in [-0.15, -0.1) is 0 Å². The summed E-state index contributed by atoms with van der Waals surface area (Å²) in [5, 5.41) is 0. The molecule has 0 unspecified atom stereocenters. The predicted molar refractivity (Wildman–Crippen MR) is 101 cm³/mol. The molecule has 4 heteroatoms. The van der Waals surface area contributed by atoms with Crippen molar-refractivity contribution in [1.29, 1.82) is 0 Å². The van der Waals surface area contributed by atoms with Crippen LogP contribution in [0, 0.1) is 0 Å². The van der Waals surface area contributed by atoms with Gasteiger partial charge in [-0.3, -0.25) is 4.79 Å². The quantitative estimate of drug-likeness (QED) is 0.590. The lowest BCUT2D eigenvalue weighted by Gasteiger charge is -2.20. The second kappa shape index (κ2) is 8.72. The maximum absolute atomic E-state index is 12.8. The summed E-state index contributed by atoms with van der Waals surface area (Å²) in [6.45, 7) is 0.937. The first-order valence-corrected chi connectivity index (χ1v) is 8.42. The molecule has 0 N–H and O–H groups in total. The Morgan fingerprint density at radius 3 is 2.62 bits per heavy atom. The number of ether oxygens (including phenoxy) is 1. The van der Waals surface area contributed by atoms with Crippen LogP contribution in [-0.2, 0) is 17.9 Å². The first-order chi connectivity index (χ1) is 12.7. The molecule has 0 saturated heterocycles. The molecular weight excluding hydrogens is 326 g/mol. The average Bonchev–Trinajstić information content (AvgIpc) is 3.20. The molecule has 0 bridgehead atoms. The maximum Gasteiger partial charge on any atom is 0.247 e. The van der Waals surface area contributed by atoms with Crippen molar-refractivity contribution < 1.29 is 13.9 Å². The highest BCUT2D eigenvalue weighted by Crippen LogP contribution is 2.15.